The molecule has 2 N–H and O–H groups in total. The lowest BCUT2D eigenvalue weighted by atomic mass is 9.89. The van der Waals surface area contributed by atoms with Crippen LogP contribution < -0.4 is 5.43 Å². The van der Waals surface area contributed by atoms with Crippen molar-refractivity contribution in [2.24, 2.45) is 11.0 Å². The van der Waals surface area contributed by atoms with Crippen LogP contribution in [0.25, 0.3) is 0 Å². The normalized spacial score (nSPS) is 21.8. The third-order valence-corrected chi connectivity index (χ3v) is 3.30. The number of nitrogens with one attached hydrogen (secondary N) is 1. The van der Waals surface area contributed by atoms with Crippen LogP contribution in [0.5, 0.6) is 5.75 Å². The van der Waals surface area contributed by atoms with Crippen molar-refractivity contribution in [2.75, 3.05) is 0 Å². The van der Waals surface area contributed by atoms with Gasteiger partial charge in [-0.15, -0.1) is 0 Å². The van der Waals surface area contributed by atoms with Crippen LogP contribution >= 0.6 is 0 Å². The fourth-order valence-corrected chi connectivity index (χ4v) is 2.17. The molecule has 4 nitrogen and oxygen atoms in total. The largest absolute Gasteiger partial charge is 0.508 e. The van der Waals surface area contributed by atoms with Crippen molar-refractivity contribution in [1.29, 1.82) is 0 Å². The highest BCUT2D eigenvalue weighted by Crippen LogP contribution is 2.20. The molecular weight excluding hydrogens is 228 g/mol. The van der Waals surface area contributed by atoms with Crippen LogP contribution in [0.1, 0.15) is 43.0 Å². The average Bonchev–Trinajstić information content (AvgIpc) is 2.37. The summed E-state index contributed by atoms with van der Waals surface area (Å²) >= 11 is 0. The monoisotopic (exact) mass is 246 g/mol. The number of carbonyl (C=O) groups excluding carboxylic acids is 1. The predicted molar refractivity (Wildman–Crippen MR) is 70.6 cm³/mol. The van der Waals surface area contributed by atoms with Gasteiger partial charge in [0, 0.05) is 11.3 Å². The molecule has 1 aliphatic carbocycles. The molecule has 0 heterocycles. The number of hydrazone groups is 1. The molecule has 18 heavy (non-hydrogen) atoms. The molecule has 1 fully saturated rings. The smallest absolute Gasteiger partial charge is 0.271 e. The molecule has 1 aromatic rings. The van der Waals surface area contributed by atoms with Gasteiger partial charge in [-0.2, -0.15) is 5.10 Å². The summed E-state index contributed by atoms with van der Waals surface area (Å²) in [6.45, 7) is 2.14. The summed E-state index contributed by atoms with van der Waals surface area (Å²) in [5.41, 5.74) is 4.05. The number of amides is 1. The fourth-order valence-electron chi connectivity index (χ4n) is 2.17. The molecule has 0 bridgehead atoms. The molecule has 0 spiro atoms. The number of phenols is 1. The molecule has 0 saturated heterocycles. The van der Waals surface area contributed by atoms with Gasteiger partial charge >= 0.3 is 0 Å². The molecule has 0 radical (unpaired) electrons. The van der Waals surface area contributed by atoms with Crippen LogP contribution in [-0.4, -0.2) is 16.7 Å². The van der Waals surface area contributed by atoms with E-state index in [4.69, 9.17) is 0 Å². The maximum Gasteiger partial charge on any atom is 0.271 e. The SMILES string of the molecule is C[C@H]1CCCC/C1=N/NC(=O)c1cccc(O)c1. The van der Waals surface area contributed by atoms with Gasteiger partial charge in [0.05, 0.1) is 0 Å². The van der Waals surface area contributed by atoms with Crippen molar-refractivity contribution in [2.45, 2.75) is 32.6 Å². The van der Waals surface area contributed by atoms with Crippen molar-refractivity contribution in [3.8, 4) is 5.75 Å². The summed E-state index contributed by atoms with van der Waals surface area (Å²) in [5, 5.41) is 13.5. The zero-order valence-corrected chi connectivity index (χ0v) is 10.5. The number of nitrogens with zero attached hydrogens (tertiary/aromatic N) is 1. The summed E-state index contributed by atoms with van der Waals surface area (Å²) in [5.74, 6) is 0.251. The molecule has 2 rings (SSSR count). The van der Waals surface area contributed by atoms with E-state index in [9.17, 15) is 9.90 Å². The minimum Gasteiger partial charge on any atom is -0.508 e. The number of benzene rings is 1. The first kappa shape index (κ1) is 12.6. The zero-order valence-electron chi connectivity index (χ0n) is 10.5. The Hall–Kier alpha value is -1.84. The van der Waals surface area contributed by atoms with Crippen molar-refractivity contribution in [1.82, 2.24) is 5.43 Å². The van der Waals surface area contributed by atoms with Crippen LogP contribution in [0.15, 0.2) is 29.4 Å². The Morgan fingerprint density at radius 2 is 2.28 bits per heavy atom. The number of hydrogen-bond acceptors (Lipinski definition) is 3. The number of hydrogen-bond donors (Lipinski definition) is 2. The second-order valence-corrected chi connectivity index (χ2v) is 4.74. The van der Waals surface area contributed by atoms with E-state index in [-0.39, 0.29) is 11.7 Å². The van der Waals surface area contributed by atoms with Gasteiger partial charge in [-0.3, -0.25) is 4.79 Å². The van der Waals surface area contributed by atoms with E-state index in [0.717, 1.165) is 25.0 Å². The quantitative estimate of drug-likeness (QED) is 0.788. The minimum absolute atomic E-state index is 0.0846. The molecule has 1 aromatic carbocycles. The van der Waals surface area contributed by atoms with E-state index in [0.29, 0.717) is 11.5 Å². The van der Waals surface area contributed by atoms with E-state index in [1.807, 2.05) is 0 Å². The lowest BCUT2D eigenvalue weighted by Crippen LogP contribution is -2.24. The van der Waals surface area contributed by atoms with Crippen LogP contribution in [0.4, 0.5) is 0 Å². The van der Waals surface area contributed by atoms with Gasteiger partial charge in [-0.1, -0.05) is 19.4 Å². The molecule has 0 aliphatic heterocycles. The summed E-state index contributed by atoms with van der Waals surface area (Å²) in [7, 11) is 0. The fraction of sp³-hybridized carbons (Fsp3) is 0.429. The molecule has 4 heteroatoms. The first-order chi connectivity index (χ1) is 8.66. The molecule has 96 valence electrons. The summed E-state index contributed by atoms with van der Waals surface area (Å²) in [6, 6.07) is 6.26. The van der Waals surface area contributed by atoms with Crippen molar-refractivity contribution < 1.29 is 9.90 Å². The molecule has 1 amide bonds. The Morgan fingerprint density at radius 1 is 1.44 bits per heavy atom. The Morgan fingerprint density at radius 3 is 3.00 bits per heavy atom. The second kappa shape index (κ2) is 5.67. The molecule has 1 aliphatic rings. The molecule has 0 unspecified atom stereocenters. The van der Waals surface area contributed by atoms with Gasteiger partial charge in [0.15, 0.2) is 0 Å². The van der Waals surface area contributed by atoms with E-state index in [1.54, 1.807) is 12.1 Å². The highest BCUT2D eigenvalue weighted by molar-refractivity contribution is 5.96. The Bertz CT molecular complexity index is 469. The standard InChI is InChI=1S/C14H18N2O2/c1-10-5-2-3-8-13(10)15-16-14(18)11-6-4-7-12(17)9-11/h4,6-7,9-10,17H,2-3,5,8H2,1H3,(H,16,18)/b15-13-/t10-/m0/s1. The van der Waals surface area contributed by atoms with E-state index in [2.05, 4.69) is 17.5 Å². The Labute approximate surface area is 107 Å². The van der Waals surface area contributed by atoms with Gasteiger partial charge in [-0.25, -0.2) is 5.43 Å². The molecule has 1 saturated carbocycles. The van der Waals surface area contributed by atoms with Gasteiger partial charge in [0.1, 0.15) is 5.75 Å². The second-order valence-electron chi connectivity index (χ2n) is 4.74. The highest BCUT2D eigenvalue weighted by Gasteiger charge is 2.16. The maximum absolute atomic E-state index is 11.8. The lowest BCUT2D eigenvalue weighted by molar-refractivity contribution is 0.0954. The zero-order chi connectivity index (χ0) is 13.0. The lowest BCUT2D eigenvalue weighted by Gasteiger charge is -2.19. The Balaban J connectivity index is 2.01. The van der Waals surface area contributed by atoms with Gasteiger partial charge in [0.2, 0.25) is 0 Å². The van der Waals surface area contributed by atoms with Gasteiger partial charge < -0.3 is 5.11 Å². The van der Waals surface area contributed by atoms with Crippen molar-refractivity contribution in [3.63, 3.8) is 0 Å². The summed E-state index contributed by atoms with van der Waals surface area (Å²) in [4.78, 5) is 11.8. The topological polar surface area (TPSA) is 61.7 Å². The van der Waals surface area contributed by atoms with Crippen LogP contribution in [0.3, 0.4) is 0 Å². The first-order valence-electron chi connectivity index (χ1n) is 6.32. The first-order valence-corrected chi connectivity index (χ1v) is 6.32. The average molecular weight is 246 g/mol. The third kappa shape index (κ3) is 3.09. The Kier molecular flexibility index (Phi) is 3.97. The van der Waals surface area contributed by atoms with E-state index >= 15 is 0 Å². The highest BCUT2D eigenvalue weighted by atomic mass is 16.3. The van der Waals surface area contributed by atoms with Gasteiger partial charge in [0.25, 0.3) is 5.91 Å². The summed E-state index contributed by atoms with van der Waals surface area (Å²) in [6.07, 6.45) is 4.48. The predicted octanol–water partition coefficient (Wildman–Crippen LogP) is 2.69. The number of carbonyl (C=O) groups is 1. The van der Waals surface area contributed by atoms with E-state index < -0.39 is 0 Å². The van der Waals surface area contributed by atoms with Gasteiger partial charge in [-0.05, 0) is 43.4 Å². The van der Waals surface area contributed by atoms with Crippen LogP contribution in [0, 0.1) is 5.92 Å². The van der Waals surface area contributed by atoms with Crippen LogP contribution in [-0.2, 0) is 0 Å². The molecular formula is C14H18N2O2. The van der Waals surface area contributed by atoms with Crippen molar-refractivity contribution >= 4 is 11.6 Å². The third-order valence-electron chi connectivity index (χ3n) is 3.30. The number of phenolic OH excluding ortho intramolecular Hbond substituents is 1. The maximum atomic E-state index is 11.8. The minimum atomic E-state index is -0.281. The number of rotatable bonds is 2. The summed E-state index contributed by atoms with van der Waals surface area (Å²) < 4.78 is 0. The van der Waals surface area contributed by atoms with Crippen molar-refractivity contribution in [3.05, 3.63) is 29.8 Å². The number of aromatic hydroxyl groups is 1. The molecule has 1 atom stereocenters. The van der Waals surface area contributed by atoms with E-state index in [1.165, 1.54) is 18.6 Å². The molecule has 0 aromatic heterocycles. The van der Waals surface area contributed by atoms with Crippen LogP contribution in [0.2, 0.25) is 0 Å².